The third-order valence-corrected chi connectivity index (χ3v) is 2.83. The highest BCUT2D eigenvalue weighted by molar-refractivity contribution is 9.08. The second-order valence-corrected chi connectivity index (χ2v) is 3.87. The van der Waals surface area contributed by atoms with Crippen LogP contribution in [0.4, 0.5) is 0 Å². The number of nitrogens with zero attached hydrogens (tertiary/aromatic N) is 2. The molecule has 0 radical (unpaired) electrons. The van der Waals surface area contributed by atoms with Crippen molar-refractivity contribution in [3.63, 3.8) is 0 Å². The Bertz CT molecular complexity index is 434. The van der Waals surface area contributed by atoms with Gasteiger partial charge in [-0.2, -0.15) is 0 Å². The summed E-state index contributed by atoms with van der Waals surface area (Å²) >= 11 is 3.47. The maximum atomic E-state index is 4.61. The normalized spacial score (nSPS) is 11.0. The quantitative estimate of drug-likeness (QED) is 0.768. The standard InChI is InChI=1S/C11H13BrN2/c1-2-5-11-13-9(8-12)10-6-3-4-7-14(10)11/h3-4,6-7H,2,5,8H2,1H3. The summed E-state index contributed by atoms with van der Waals surface area (Å²) in [7, 11) is 0. The number of hydrogen-bond donors (Lipinski definition) is 0. The van der Waals surface area contributed by atoms with E-state index in [9.17, 15) is 0 Å². The number of aromatic nitrogens is 2. The van der Waals surface area contributed by atoms with Gasteiger partial charge in [-0.05, 0) is 18.6 Å². The number of rotatable bonds is 3. The van der Waals surface area contributed by atoms with E-state index >= 15 is 0 Å². The van der Waals surface area contributed by atoms with E-state index in [0.29, 0.717) is 0 Å². The van der Waals surface area contributed by atoms with E-state index in [2.05, 4.69) is 50.6 Å². The molecule has 14 heavy (non-hydrogen) atoms. The Labute approximate surface area is 92.1 Å². The summed E-state index contributed by atoms with van der Waals surface area (Å²) in [4.78, 5) is 4.61. The lowest BCUT2D eigenvalue weighted by molar-refractivity contribution is 0.828. The van der Waals surface area contributed by atoms with Gasteiger partial charge >= 0.3 is 0 Å². The van der Waals surface area contributed by atoms with Gasteiger partial charge in [0, 0.05) is 17.9 Å². The molecular formula is C11H13BrN2. The summed E-state index contributed by atoms with van der Waals surface area (Å²) < 4.78 is 2.18. The number of fused-ring (bicyclic) bond motifs is 1. The first-order chi connectivity index (χ1) is 6.86. The van der Waals surface area contributed by atoms with Crippen LogP contribution in [-0.2, 0) is 11.8 Å². The lowest BCUT2D eigenvalue weighted by Gasteiger charge is -1.97. The third kappa shape index (κ3) is 1.57. The van der Waals surface area contributed by atoms with Crippen molar-refractivity contribution in [1.82, 2.24) is 9.38 Å². The molecule has 0 bridgehead atoms. The molecule has 0 saturated heterocycles. The van der Waals surface area contributed by atoms with E-state index in [1.165, 1.54) is 5.52 Å². The first-order valence-electron chi connectivity index (χ1n) is 4.87. The van der Waals surface area contributed by atoms with Gasteiger partial charge < -0.3 is 4.40 Å². The van der Waals surface area contributed by atoms with Crippen molar-refractivity contribution in [1.29, 1.82) is 0 Å². The van der Waals surface area contributed by atoms with Crippen LogP contribution in [0.25, 0.3) is 5.52 Å². The minimum atomic E-state index is 0.824. The smallest absolute Gasteiger partial charge is 0.113 e. The summed E-state index contributed by atoms with van der Waals surface area (Å²) in [6.45, 7) is 2.18. The molecule has 2 aromatic rings. The van der Waals surface area contributed by atoms with Crippen LogP contribution in [0.3, 0.4) is 0 Å². The Hall–Kier alpha value is -0.830. The number of hydrogen-bond acceptors (Lipinski definition) is 1. The highest BCUT2D eigenvalue weighted by Gasteiger charge is 2.07. The second-order valence-electron chi connectivity index (χ2n) is 3.31. The number of alkyl halides is 1. The van der Waals surface area contributed by atoms with Crippen LogP contribution >= 0.6 is 15.9 Å². The van der Waals surface area contributed by atoms with Crippen LogP contribution in [-0.4, -0.2) is 9.38 Å². The summed E-state index contributed by atoms with van der Waals surface area (Å²) in [6, 6.07) is 6.22. The van der Waals surface area contributed by atoms with Crippen molar-refractivity contribution in [3.05, 3.63) is 35.9 Å². The second kappa shape index (κ2) is 4.13. The van der Waals surface area contributed by atoms with E-state index in [4.69, 9.17) is 0 Å². The molecule has 2 nitrogen and oxygen atoms in total. The fraction of sp³-hybridized carbons (Fsp3) is 0.364. The number of aryl methyl sites for hydroxylation is 1. The van der Waals surface area contributed by atoms with Crippen LogP contribution < -0.4 is 0 Å². The fourth-order valence-corrected chi connectivity index (χ4v) is 2.08. The fourth-order valence-electron chi connectivity index (χ4n) is 1.67. The molecule has 74 valence electrons. The SMILES string of the molecule is CCCc1nc(CBr)c2ccccn12. The van der Waals surface area contributed by atoms with Crippen molar-refractivity contribution in [2.75, 3.05) is 0 Å². The van der Waals surface area contributed by atoms with Crippen LogP contribution in [0.2, 0.25) is 0 Å². The Morgan fingerprint density at radius 1 is 1.43 bits per heavy atom. The summed E-state index contributed by atoms with van der Waals surface area (Å²) in [6.07, 6.45) is 4.26. The summed E-state index contributed by atoms with van der Waals surface area (Å²) in [5.41, 5.74) is 2.35. The van der Waals surface area contributed by atoms with Gasteiger partial charge in [0.05, 0.1) is 11.2 Å². The van der Waals surface area contributed by atoms with E-state index in [-0.39, 0.29) is 0 Å². The van der Waals surface area contributed by atoms with Crippen LogP contribution in [0.5, 0.6) is 0 Å². The zero-order chi connectivity index (χ0) is 9.97. The molecule has 2 rings (SSSR count). The van der Waals surface area contributed by atoms with Crippen molar-refractivity contribution in [3.8, 4) is 0 Å². The largest absolute Gasteiger partial charge is 0.303 e. The third-order valence-electron chi connectivity index (χ3n) is 2.30. The molecule has 0 saturated carbocycles. The predicted octanol–water partition coefficient (Wildman–Crippen LogP) is 3.18. The number of imidazole rings is 1. The van der Waals surface area contributed by atoms with Gasteiger partial charge in [0.2, 0.25) is 0 Å². The van der Waals surface area contributed by atoms with Gasteiger partial charge in [0.15, 0.2) is 0 Å². The average Bonchev–Trinajstić information content (AvgIpc) is 2.58. The van der Waals surface area contributed by atoms with Gasteiger partial charge in [-0.15, -0.1) is 0 Å². The lowest BCUT2D eigenvalue weighted by Crippen LogP contribution is -1.92. The Morgan fingerprint density at radius 2 is 2.29 bits per heavy atom. The van der Waals surface area contributed by atoms with Crippen LogP contribution in [0, 0.1) is 0 Å². The Morgan fingerprint density at radius 3 is 3.00 bits per heavy atom. The molecule has 0 aliphatic carbocycles. The van der Waals surface area contributed by atoms with Gasteiger partial charge in [0.25, 0.3) is 0 Å². The van der Waals surface area contributed by atoms with Crippen molar-refractivity contribution < 1.29 is 0 Å². The topological polar surface area (TPSA) is 17.3 Å². The average molecular weight is 253 g/mol. The van der Waals surface area contributed by atoms with E-state index in [1.54, 1.807) is 0 Å². The molecule has 0 atom stereocenters. The van der Waals surface area contributed by atoms with Crippen molar-refractivity contribution in [2.45, 2.75) is 25.1 Å². The zero-order valence-corrected chi connectivity index (χ0v) is 9.79. The Balaban J connectivity index is 2.61. The molecule has 0 N–H and O–H groups in total. The van der Waals surface area contributed by atoms with Gasteiger partial charge in [-0.1, -0.05) is 28.9 Å². The molecule has 0 spiro atoms. The molecule has 0 aliphatic heterocycles. The molecule has 0 fully saturated rings. The van der Waals surface area contributed by atoms with E-state index in [0.717, 1.165) is 29.7 Å². The Kier molecular flexibility index (Phi) is 2.87. The van der Waals surface area contributed by atoms with Crippen molar-refractivity contribution >= 4 is 21.4 Å². The van der Waals surface area contributed by atoms with Crippen molar-refractivity contribution in [2.24, 2.45) is 0 Å². The zero-order valence-electron chi connectivity index (χ0n) is 8.20. The monoisotopic (exact) mass is 252 g/mol. The molecular weight excluding hydrogens is 240 g/mol. The predicted molar refractivity (Wildman–Crippen MR) is 61.8 cm³/mol. The summed E-state index contributed by atoms with van der Waals surface area (Å²) in [5.74, 6) is 1.16. The minimum absolute atomic E-state index is 0.824. The van der Waals surface area contributed by atoms with E-state index in [1.807, 2.05) is 6.07 Å². The molecule has 0 aromatic carbocycles. The highest BCUT2D eigenvalue weighted by Crippen LogP contribution is 2.16. The van der Waals surface area contributed by atoms with Crippen LogP contribution in [0.1, 0.15) is 24.9 Å². The van der Waals surface area contributed by atoms with E-state index < -0.39 is 0 Å². The maximum absolute atomic E-state index is 4.61. The minimum Gasteiger partial charge on any atom is -0.303 e. The molecule has 2 aromatic heterocycles. The molecule has 2 heterocycles. The lowest BCUT2D eigenvalue weighted by atomic mass is 10.3. The maximum Gasteiger partial charge on any atom is 0.113 e. The van der Waals surface area contributed by atoms with Gasteiger partial charge in [-0.3, -0.25) is 0 Å². The first kappa shape index (κ1) is 9.71. The number of pyridine rings is 1. The highest BCUT2D eigenvalue weighted by atomic mass is 79.9. The molecule has 3 heteroatoms. The molecule has 0 aliphatic rings. The molecule has 0 unspecified atom stereocenters. The van der Waals surface area contributed by atoms with Crippen LogP contribution in [0.15, 0.2) is 24.4 Å². The first-order valence-corrected chi connectivity index (χ1v) is 5.99. The van der Waals surface area contributed by atoms with Gasteiger partial charge in [0.1, 0.15) is 5.82 Å². The molecule has 0 amide bonds. The van der Waals surface area contributed by atoms with Gasteiger partial charge in [-0.25, -0.2) is 4.98 Å². The number of halogens is 1. The summed E-state index contributed by atoms with van der Waals surface area (Å²) in [5, 5.41) is 0.824.